The predicted octanol–water partition coefficient (Wildman–Crippen LogP) is 4.57. The summed E-state index contributed by atoms with van der Waals surface area (Å²) in [7, 11) is 0. The van der Waals surface area contributed by atoms with Crippen molar-refractivity contribution in [2.24, 2.45) is 10.7 Å². The first kappa shape index (κ1) is 19.0. The summed E-state index contributed by atoms with van der Waals surface area (Å²) in [6.07, 6.45) is 3.83. The van der Waals surface area contributed by atoms with Gasteiger partial charge >= 0.3 is 0 Å². The van der Waals surface area contributed by atoms with Crippen LogP contribution in [0.2, 0.25) is 0 Å². The molecule has 4 nitrogen and oxygen atoms in total. The summed E-state index contributed by atoms with van der Waals surface area (Å²) in [5, 5.41) is 0. The lowest BCUT2D eigenvalue weighted by molar-refractivity contribution is 0.554. The number of nitrogens with zero attached hydrogens (tertiary/aromatic N) is 3. The zero-order valence-corrected chi connectivity index (χ0v) is 16.1. The molecule has 0 amide bonds. The quantitative estimate of drug-likeness (QED) is 0.498. The average Bonchev–Trinajstić information content (AvgIpc) is 3.08. The first-order valence-corrected chi connectivity index (χ1v) is 9.48. The van der Waals surface area contributed by atoms with Gasteiger partial charge in [0.15, 0.2) is 0 Å². The standard InChI is InChI=1S/C24H15F3N4/c25-20-8-7-14(12-17(20)15-5-3-10-30-22(15)27)24(19-9-11-29-13-21(19)26)18-6-2-1-4-16(18)23(28)31-24/h1-13H,(H2,28,31). The molecule has 1 unspecified atom stereocenters. The molecule has 31 heavy (non-hydrogen) atoms. The van der Waals surface area contributed by atoms with Crippen molar-refractivity contribution in [3.8, 4) is 11.1 Å². The first-order chi connectivity index (χ1) is 15.0. The Hall–Kier alpha value is -4.00. The van der Waals surface area contributed by atoms with Crippen LogP contribution in [-0.2, 0) is 5.54 Å². The van der Waals surface area contributed by atoms with Gasteiger partial charge in [0.2, 0.25) is 5.95 Å². The molecular formula is C24H15F3N4. The van der Waals surface area contributed by atoms with Crippen molar-refractivity contribution in [2.45, 2.75) is 5.54 Å². The topological polar surface area (TPSA) is 64.2 Å². The van der Waals surface area contributed by atoms with Gasteiger partial charge in [0.1, 0.15) is 23.0 Å². The Morgan fingerprint density at radius 1 is 0.742 bits per heavy atom. The number of halogens is 3. The number of benzene rings is 2. The molecular weight excluding hydrogens is 401 g/mol. The zero-order valence-electron chi connectivity index (χ0n) is 16.1. The summed E-state index contributed by atoms with van der Waals surface area (Å²) in [5.74, 6) is -1.80. The van der Waals surface area contributed by atoms with Crippen LogP contribution >= 0.6 is 0 Å². The van der Waals surface area contributed by atoms with E-state index in [1.54, 1.807) is 24.3 Å². The highest BCUT2D eigenvalue weighted by Gasteiger charge is 2.44. The van der Waals surface area contributed by atoms with Crippen molar-refractivity contribution < 1.29 is 13.2 Å². The van der Waals surface area contributed by atoms with E-state index in [0.717, 1.165) is 6.20 Å². The zero-order chi connectivity index (χ0) is 21.6. The Bertz CT molecular complexity index is 1350. The van der Waals surface area contributed by atoms with E-state index in [1.165, 1.54) is 48.8 Å². The minimum absolute atomic E-state index is 0.00423. The van der Waals surface area contributed by atoms with Gasteiger partial charge in [-0.3, -0.25) is 4.98 Å². The molecule has 0 aliphatic carbocycles. The van der Waals surface area contributed by atoms with E-state index in [0.29, 0.717) is 16.7 Å². The maximum absolute atomic E-state index is 15.0. The van der Waals surface area contributed by atoms with E-state index in [9.17, 15) is 8.78 Å². The normalized spacial score (nSPS) is 17.3. The molecule has 0 saturated heterocycles. The molecule has 1 aliphatic heterocycles. The predicted molar refractivity (Wildman–Crippen MR) is 111 cm³/mol. The molecule has 2 N–H and O–H groups in total. The van der Waals surface area contributed by atoms with Gasteiger partial charge in [0.25, 0.3) is 0 Å². The number of hydrogen-bond donors (Lipinski definition) is 1. The van der Waals surface area contributed by atoms with Gasteiger partial charge in [-0.25, -0.2) is 18.8 Å². The van der Waals surface area contributed by atoms with Crippen molar-refractivity contribution in [3.63, 3.8) is 0 Å². The van der Waals surface area contributed by atoms with Crippen molar-refractivity contribution >= 4 is 5.84 Å². The van der Waals surface area contributed by atoms with Crippen LogP contribution in [0.1, 0.15) is 22.3 Å². The Labute approximate surface area is 175 Å². The van der Waals surface area contributed by atoms with E-state index in [1.807, 2.05) is 0 Å². The highest BCUT2D eigenvalue weighted by atomic mass is 19.1. The summed E-state index contributed by atoms with van der Waals surface area (Å²) >= 11 is 0. The fourth-order valence-corrected chi connectivity index (χ4v) is 4.12. The highest BCUT2D eigenvalue weighted by Crippen LogP contribution is 2.47. The van der Waals surface area contributed by atoms with Crippen molar-refractivity contribution in [1.29, 1.82) is 0 Å². The first-order valence-electron chi connectivity index (χ1n) is 9.48. The summed E-state index contributed by atoms with van der Waals surface area (Å²) < 4.78 is 44.2. The number of fused-ring (bicyclic) bond motifs is 1. The van der Waals surface area contributed by atoms with E-state index >= 15 is 4.39 Å². The smallest absolute Gasteiger partial charge is 0.220 e. The Kier molecular flexibility index (Phi) is 4.32. The number of aliphatic imine (C=N–C) groups is 1. The van der Waals surface area contributed by atoms with E-state index in [4.69, 9.17) is 5.73 Å². The van der Waals surface area contributed by atoms with Crippen LogP contribution in [0.25, 0.3) is 11.1 Å². The van der Waals surface area contributed by atoms with Crippen LogP contribution in [0.4, 0.5) is 13.2 Å². The number of hydrogen-bond acceptors (Lipinski definition) is 4. The summed E-state index contributed by atoms with van der Waals surface area (Å²) in [6, 6.07) is 15.8. The van der Waals surface area contributed by atoms with Gasteiger partial charge in [-0.2, -0.15) is 4.39 Å². The minimum Gasteiger partial charge on any atom is -0.383 e. The Balaban J connectivity index is 1.85. The third-order valence-electron chi connectivity index (χ3n) is 5.48. The molecule has 3 heterocycles. The fraction of sp³-hybridized carbons (Fsp3) is 0.0417. The number of amidine groups is 1. The van der Waals surface area contributed by atoms with E-state index < -0.39 is 23.1 Å². The monoisotopic (exact) mass is 416 g/mol. The Morgan fingerprint density at radius 2 is 1.55 bits per heavy atom. The molecule has 4 aromatic rings. The molecule has 0 radical (unpaired) electrons. The summed E-state index contributed by atoms with van der Waals surface area (Å²) in [6.45, 7) is 0. The third kappa shape index (κ3) is 2.81. The van der Waals surface area contributed by atoms with Crippen LogP contribution in [0.5, 0.6) is 0 Å². The summed E-state index contributed by atoms with van der Waals surface area (Å²) in [5.41, 5.74) is 6.76. The Morgan fingerprint density at radius 3 is 2.35 bits per heavy atom. The second-order valence-electron chi connectivity index (χ2n) is 7.14. The molecule has 0 fully saturated rings. The van der Waals surface area contributed by atoms with Crippen LogP contribution in [-0.4, -0.2) is 15.8 Å². The SMILES string of the molecule is NC1=NC(c2ccc(F)c(-c3cccnc3F)c2)(c2ccncc2F)c2ccccc21. The molecule has 2 aromatic heterocycles. The molecule has 5 rings (SSSR count). The lowest BCUT2D eigenvalue weighted by Gasteiger charge is -2.29. The lowest BCUT2D eigenvalue weighted by Crippen LogP contribution is -2.27. The molecule has 0 saturated carbocycles. The number of pyridine rings is 2. The van der Waals surface area contributed by atoms with Gasteiger partial charge in [-0.1, -0.05) is 30.3 Å². The van der Waals surface area contributed by atoms with Crippen LogP contribution < -0.4 is 5.73 Å². The van der Waals surface area contributed by atoms with Crippen LogP contribution in [0.15, 0.2) is 84.2 Å². The second kappa shape index (κ2) is 7.05. The second-order valence-corrected chi connectivity index (χ2v) is 7.14. The van der Waals surface area contributed by atoms with Crippen molar-refractivity contribution in [1.82, 2.24) is 9.97 Å². The minimum atomic E-state index is -1.38. The lowest BCUT2D eigenvalue weighted by atomic mass is 9.77. The number of rotatable bonds is 3. The van der Waals surface area contributed by atoms with Crippen molar-refractivity contribution in [2.75, 3.05) is 0 Å². The van der Waals surface area contributed by atoms with Crippen LogP contribution in [0.3, 0.4) is 0 Å². The van der Waals surface area contributed by atoms with Gasteiger partial charge in [0.05, 0.1) is 6.20 Å². The molecule has 7 heteroatoms. The molecule has 1 atom stereocenters. The van der Waals surface area contributed by atoms with Crippen molar-refractivity contribution in [3.05, 3.63) is 119 Å². The average molecular weight is 416 g/mol. The largest absolute Gasteiger partial charge is 0.383 e. The van der Waals surface area contributed by atoms with Gasteiger partial charge < -0.3 is 5.73 Å². The van der Waals surface area contributed by atoms with E-state index in [2.05, 4.69) is 15.0 Å². The summed E-state index contributed by atoms with van der Waals surface area (Å²) in [4.78, 5) is 12.1. The highest BCUT2D eigenvalue weighted by molar-refractivity contribution is 6.03. The fourth-order valence-electron chi connectivity index (χ4n) is 4.12. The number of nitrogens with two attached hydrogens (primary N) is 1. The number of aromatic nitrogens is 2. The molecule has 152 valence electrons. The maximum Gasteiger partial charge on any atom is 0.220 e. The molecule has 1 aliphatic rings. The van der Waals surface area contributed by atoms with Gasteiger partial charge in [-0.05, 0) is 41.5 Å². The third-order valence-corrected chi connectivity index (χ3v) is 5.48. The molecule has 2 aromatic carbocycles. The maximum atomic E-state index is 15.0. The molecule has 0 bridgehead atoms. The van der Waals surface area contributed by atoms with Crippen LogP contribution in [0, 0.1) is 17.6 Å². The van der Waals surface area contributed by atoms with E-state index in [-0.39, 0.29) is 22.5 Å². The molecule has 0 spiro atoms. The van der Waals surface area contributed by atoms with Gasteiger partial charge in [-0.15, -0.1) is 0 Å². The van der Waals surface area contributed by atoms with Gasteiger partial charge in [0, 0.05) is 34.6 Å².